The van der Waals surface area contributed by atoms with Crippen LogP contribution in [0.3, 0.4) is 0 Å². The standard InChI is InChI=1S/C22H11BO2/c1-2-7-15-13(5-1)23-14-6-3-4-12-8-9-16-20(19(12)14)21-17(25-16)10-11-18(24-15)22(21)23/h1-11H. The minimum absolute atomic E-state index is 0.197. The SMILES string of the molecule is c1ccc2c(c1)Oc1ccc3oc4ccc5cccc6c5c4c3c1B26. The van der Waals surface area contributed by atoms with Gasteiger partial charge in [0.05, 0.1) is 0 Å². The Morgan fingerprint density at radius 3 is 2.44 bits per heavy atom. The molecule has 0 spiro atoms. The van der Waals surface area contributed by atoms with Crippen molar-refractivity contribution in [2.45, 2.75) is 0 Å². The molecular formula is C22H11BO2. The summed E-state index contributed by atoms with van der Waals surface area (Å²) >= 11 is 0. The van der Waals surface area contributed by atoms with Crippen molar-refractivity contribution in [2.24, 2.45) is 0 Å². The molecule has 0 amide bonds. The van der Waals surface area contributed by atoms with E-state index in [1.807, 2.05) is 18.2 Å². The second-order valence-electron chi connectivity index (χ2n) is 6.91. The van der Waals surface area contributed by atoms with Crippen molar-refractivity contribution in [2.75, 3.05) is 0 Å². The largest absolute Gasteiger partial charge is 0.458 e. The molecule has 3 heterocycles. The zero-order valence-electron chi connectivity index (χ0n) is 13.2. The Kier molecular flexibility index (Phi) is 1.90. The van der Waals surface area contributed by atoms with Crippen LogP contribution in [-0.4, -0.2) is 6.71 Å². The van der Waals surface area contributed by atoms with Crippen molar-refractivity contribution < 1.29 is 9.15 Å². The molecule has 0 atom stereocenters. The first-order valence-electron chi connectivity index (χ1n) is 8.58. The molecule has 25 heavy (non-hydrogen) atoms. The zero-order chi connectivity index (χ0) is 16.1. The number of para-hydroxylation sites is 1. The highest BCUT2D eigenvalue weighted by Gasteiger charge is 2.39. The van der Waals surface area contributed by atoms with E-state index >= 15 is 0 Å². The number of hydrogen-bond acceptors (Lipinski definition) is 2. The van der Waals surface area contributed by atoms with Crippen LogP contribution in [0.5, 0.6) is 11.5 Å². The fourth-order valence-electron chi connectivity index (χ4n) is 4.79. The maximum atomic E-state index is 6.26. The number of rotatable bonds is 0. The average Bonchev–Trinajstić information content (AvgIpc) is 3.05. The fourth-order valence-corrected chi connectivity index (χ4v) is 4.79. The number of benzene rings is 4. The first-order chi connectivity index (χ1) is 12.4. The molecule has 7 rings (SSSR count). The van der Waals surface area contributed by atoms with Crippen LogP contribution < -0.4 is 21.1 Å². The molecule has 0 aliphatic carbocycles. The second-order valence-corrected chi connectivity index (χ2v) is 6.91. The van der Waals surface area contributed by atoms with E-state index in [2.05, 4.69) is 48.5 Å². The van der Waals surface area contributed by atoms with Crippen LogP contribution in [0, 0.1) is 0 Å². The molecule has 2 nitrogen and oxygen atoms in total. The van der Waals surface area contributed by atoms with Crippen molar-refractivity contribution in [1.82, 2.24) is 0 Å². The summed E-state index contributed by atoms with van der Waals surface area (Å²) in [6.45, 7) is 0.197. The topological polar surface area (TPSA) is 22.4 Å². The molecule has 0 N–H and O–H groups in total. The molecule has 0 unspecified atom stereocenters. The molecular weight excluding hydrogens is 307 g/mol. The van der Waals surface area contributed by atoms with E-state index in [1.54, 1.807) is 0 Å². The molecule has 2 aliphatic rings. The summed E-state index contributed by atoms with van der Waals surface area (Å²) in [5.74, 6) is 1.90. The van der Waals surface area contributed by atoms with Crippen LogP contribution in [0.4, 0.5) is 0 Å². The van der Waals surface area contributed by atoms with Gasteiger partial charge in [-0.05, 0) is 46.0 Å². The number of furan rings is 1. The molecule has 1 aromatic heterocycles. The highest BCUT2D eigenvalue weighted by Crippen LogP contribution is 2.39. The molecule has 4 aromatic carbocycles. The zero-order valence-corrected chi connectivity index (χ0v) is 13.2. The van der Waals surface area contributed by atoms with Crippen molar-refractivity contribution in [1.29, 1.82) is 0 Å². The summed E-state index contributed by atoms with van der Waals surface area (Å²) in [5, 5.41) is 5.05. The lowest BCUT2D eigenvalue weighted by Gasteiger charge is -2.30. The lowest BCUT2D eigenvalue weighted by Crippen LogP contribution is -2.56. The van der Waals surface area contributed by atoms with Gasteiger partial charge in [0.1, 0.15) is 22.7 Å². The van der Waals surface area contributed by atoms with E-state index in [0.717, 1.165) is 22.7 Å². The monoisotopic (exact) mass is 318 g/mol. The van der Waals surface area contributed by atoms with E-state index < -0.39 is 0 Å². The Bertz CT molecular complexity index is 1380. The van der Waals surface area contributed by atoms with Crippen molar-refractivity contribution in [3.63, 3.8) is 0 Å². The fraction of sp³-hybridized carbons (Fsp3) is 0. The van der Waals surface area contributed by atoms with Gasteiger partial charge in [0, 0.05) is 10.8 Å². The number of fused-ring (bicyclic) bond motifs is 3. The molecule has 5 aromatic rings. The van der Waals surface area contributed by atoms with Crippen molar-refractivity contribution in [3.8, 4) is 11.5 Å². The molecule has 2 aliphatic heterocycles. The highest BCUT2D eigenvalue weighted by molar-refractivity contribution is 7.01. The minimum Gasteiger partial charge on any atom is -0.458 e. The first-order valence-corrected chi connectivity index (χ1v) is 8.58. The van der Waals surface area contributed by atoms with Gasteiger partial charge in [0.15, 0.2) is 0 Å². The van der Waals surface area contributed by atoms with Gasteiger partial charge in [-0.25, -0.2) is 0 Å². The Hall–Kier alpha value is -3.20. The molecule has 0 fully saturated rings. The van der Waals surface area contributed by atoms with Crippen LogP contribution in [0.1, 0.15) is 0 Å². The normalized spacial score (nSPS) is 13.8. The highest BCUT2D eigenvalue weighted by atomic mass is 16.5. The van der Waals surface area contributed by atoms with Crippen LogP contribution in [0.25, 0.3) is 32.7 Å². The van der Waals surface area contributed by atoms with Crippen LogP contribution >= 0.6 is 0 Å². The third kappa shape index (κ3) is 1.28. The smallest absolute Gasteiger partial charge is 0.252 e. The lowest BCUT2D eigenvalue weighted by atomic mass is 9.33. The molecule has 114 valence electrons. The Labute approximate surface area is 143 Å². The number of hydrogen-bond donors (Lipinski definition) is 0. The van der Waals surface area contributed by atoms with Gasteiger partial charge in [-0.15, -0.1) is 0 Å². The van der Waals surface area contributed by atoms with Gasteiger partial charge in [-0.3, -0.25) is 0 Å². The first kappa shape index (κ1) is 12.2. The van der Waals surface area contributed by atoms with Gasteiger partial charge >= 0.3 is 0 Å². The Balaban J connectivity index is 1.83. The third-order valence-corrected chi connectivity index (χ3v) is 5.73. The van der Waals surface area contributed by atoms with Gasteiger partial charge in [-0.1, -0.05) is 47.9 Å². The molecule has 0 radical (unpaired) electrons. The lowest BCUT2D eigenvalue weighted by molar-refractivity contribution is 0.488. The quantitative estimate of drug-likeness (QED) is 0.398. The maximum Gasteiger partial charge on any atom is 0.252 e. The molecule has 0 saturated carbocycles. The van der Waals surface area contributed by atoms with E-state index in [4.69, 9.17) is 9.15 Å². The van der Waals surface area contributed by atoms with Crippen LogP contribution in [0.15, 0.2) is 71.1 Å². The van der Waals surface area contributed by atoms with Crippen LogP contribution in [-0.2, 0) is 0 Å². The van der Waals surface area contributed by atoms with Crippen molar-refractivity contribution >= 4 is 55.8 Å². The average molecular weight is 318 g/mol. The van der Waals surface area contributed by atoms with E-state index in [-0.39, 0.29) is 6.71 Å². The summed E-state index contributed by atoms with van der Waals surface area (Å²) in [4.78, 5) is 0. The van der Waals surface area contributed by atoms with Gasteiger partial charge in [-0.2, -0.15) is 0 Å². The second kappa shape index (κ2) is 3.89. The van der Waals surface area contributed by atoms with Crippen molar-refractivity contribution in [3.05, 3.63) is 66.7 Å². The van der Waals surface area contributed by atoms with Crippen LogP contribution in [0.2, 0.25) is 0 Å². The molecule has 3 heteroatoms. The van der Waals surface area contributed by atoms with E-state index in [9.17, 15) is 0 Å². The third-order valence-electron chi connectivity index (χ3n) is 5.73. The predicted molar refractivity (Wildman–Crippen MR) is 102 cm³/mol. The maximum absolute atomic E-state index is 6.26. The number of ether oxygens (including phenoxy) is 1. The van der Waals surface area contributed by atoms with Gasteiger partial charge in [0.2, 0.25) is 0 Å². The van der Waals surface area contributed by atoms with Gasteiger partial charge < -0.3 is 9.15 Å². The van der Waals surface area contributed by atoms with E-state index in [0.29, 0.717) is 0 Å². The minimum atomic E-state index is 0.197. The summed E-state index contributed by atoms with van der Waals surface area (Å²) in [7, 11) is 0. The molecule has 0 bridgehead atoms. The summed E-state index contributed by atoms with van der Waals surface area (Å²) in [6, 6.07) is 23.3. The van der Waals surface area contributed by atoms with E-state index in [1.165, 1.54) is 37.9 Å². The summed E-state index contributed by atoms with van der Waals surface area (Å²) in [5.41, 5.74) is 5.74. The summed E-state index contributed by atoms with van der Waals surface area (Å²) < 4.78 is 12.4. The molecule has 0 saturated heterocycles. The summed E-state index contributed by atoms with van der Waals surface area (Å²) in [6.07, 6.45) is 0. The Morgan fingerprint density at radius 1 is 0.600 bits per heavy atom. The predicted octanol–water partition coefficient (Wildman–Crippen LogP) is 3.67. The van der Waals surface area contributed by atoms with Gasteiger partial charge in [0.25, 0.3) is 6.71 Å². The Morgan fingerprint density at radius 2 is 1.44 bits per heavy atom.